The van der Waals surface area contributed by atoms with Gasteiger partial charge in [0.05, 0.1) is 6.33 Å². The van der Waals surface area contributed by atoms with Crippen LogP contribution in [0.1, 0.15) is 57.4 Å². The van der Waals surface area contributed by atoms with Gasteiger partial charge in [-0.15, -0.1) is 0 Å². The summed E-state index contributed by atoms with van der Waals surface area (Å²) < 4.78 is 2.19. The molecule has 0 aromatic carbocycles. The highest BCUT2D eigenvalue weighted by Gasteiger charge is 2.26. The molecule has 0 amide bonds. The molecule has 1 fully saturated rings. The van der Waals surface area contributed by atoms with Crippen molar-refractivity contribution in [2.45, 2.75) is 57.4 Å². The topological polar surface area (TPSA) is 55.6 Å². The van der Waals surface area contributed by atoms with Gasteiger partial charge in [0.25, 0.3) is 0 Å². The van der Waals surface area contributed by atoms with Crippen LogP contribution in [0, 0.1) is 0 Å². The molecule has 5 heteroatoms. The lowest BCUT2D eigenvalue weighted by molar-refractivity contribution is 0.704. The van der Waals surface area contributed by atoms with Gasteiger partial charge < -0.3 is 9.88 Å². The Morgan fingerprint density at radius 2 is 2.09 bits per heavy atom. The average molecular weight is 297 g/mol. The second-order valence-electron chi connectivity index (χ2n) is 6.42. The third kappa shape index (κ3) is 2.85. The summed E-state index contributed by atoms with van der Waals surface area (Å²) in [5.74, 6) is 0.874. The van der Waals surface area contributed by atoms with E-state index in [0.29, 0.717) is 6.04 Å². The summed E-state index contributed by atoms with van der Waals surface area (Å²) in [6.45, 7) is 0.925. The van der Waals surface area contributed by atoms with Crippen molar-refractivity contribution in [3.05, 3.63) is 24.3 Å². The smallest absolute Gasteiger partial charge is 0.165 e. The van der Waals surface area contributed by atoms with E-state index in [1.165, 1.54) is 44.9 Å². The summed E-state index contributed by atoms with van der Waals surface area (Å²) in [7, 11) is 0. The molecule has 0 bridgehead atoms. The minimum Gasteiger partial charge on any atom is -0.368 e. The van der Waals surface area contributed by atoms with Crippen LogP contribution in [0.25, 0.3) is 11.2 Å². The van der Waals surface area contributed by atoms with Crippen LogP contribution in [-0.4, -0.2) is 26.1 Å². The highest BCUT2D eigenvalue weighted by molar-refractivity contribution is 5.82. The second-order valence-corrected chi connectivity index (χ2v) is 6.42. The molecule has 2 aromatic rings. The molecule has 0 saturated heterocycles. The van der Waals surface area contributed by atoms with E-state index >= 15 is 0 Å². The molecule has 0 spiro atoms. The van der Waals surface area contributed by atoms with Crippen LogP contribution in [0.3, 0.4) is 0 Å². The fourth-order valence-corrected chi connectivity index (χ4v) is 3.25. The molecule has 2 aromatic heterocycles. The highest BCUT2D eigenvalue weighted by Crippen LogP contribution is 2.37. The summed E-state index contributed by atoms with van der Waals surface area (Å²) in [4.78, 5) is 13.3. The van der Waals surface area contributed by atoms with Crippen LogP contribution in [-0.2, 0) is 0 Å². The highest BCUT2D eigenvalue weighted by atomic mass is 15.2. The van der Waals surface area contributed by atoms with Crippen molar-refractivity contribution in [1.82, 2.24) is 19.5 Å². The Morgan fingerprint density at radius 3 is 3.00 bits per heavy atom. The Kier molecular flexibility index (Phi) is 3.79. The van der Waals surface area contributed by atoms with Gasteiger partial charge in [-0.25, -0.2) is 15.0 Å². The lowest BCUT2D eigenvalue weighted by Gasteiger charge is -2.08. The molecule has 2 aliphatic carbocycles. The van der Waals surface area contributed by atoms with Crippen molar-refractivity contribution in [1.29, 1.82) is 0 Å². The number of hydrogen-bond donors (Lipinski definition) is 1. The van der Waals surface area contributed by atoms with Crippen LogP contribution < -0.4 is 5.32 Å². The van der Waals surface area contributed by atoms with E-state index in [0.717, 1.165) is 29.9 Å². The molecule has 0 aliphatic heterocycles. The third-order valence-electron chi connectivity index (χ3n) is 4.67. The molecule has 116 valence electrons. The van der Waals surface area contributed by atoms with Crippen molar-refractivity contribution >= 4 is 17.0 Å². The molecule has 0 radical (unpaired) electrons. The van der Waals surface area contributed by atoms with E-state index in [2.05, 4.69) is 30.9 Å². The standard InChI is InChI=1S/C17H23N5/c1-2-4-6-13(5-3-1)9-10-18-16-15-17(20-11-19-16)22(12-21-15)14-7-8-14/h5,11-12,14H,1-4,6-10H2,(H,18,19,20). The Bertz CT molecular complexity index is 683. The Morgan fingerprint density at radius 1 is 1.14 bits per heavy atom. The molecule has 4 rings (SSSR count). The van der Waals surface area contributed by atoms with Gasteiger partial charge in [-0.1, -0.05) is 18.1 Å². The molecule has 22 heavy (non-hydrogen) atoms. The largest absolute Gasteiger partial charge is 0.368 e. The van der Waals surface area contributed by atoms with E-state index < -0.39 is 0 Å². The maximum atomic E-state index is 4.52. The van der Waals surface area contributed by atoms with Crippen LogP contribution >= 0.6 is 0 Å². The summed E-state index contributed by atoms with van der Waals surface area (Å²) in [5.41, 5.74) is 3.47. The van der Waals surface area contributed by atoms with Gasteiger partial charge in [-0.05, 0) is 44.9 Å². The number of anilines is 1. The van der Waals surface area contributed by atoms with Crippen molar-refractivity contribution < 1.29 is 0 Å². The number of nitrogens with zero attached hydrogens (tertiary/aromatic N) is 4. The molecule has 1 N–H and O–H groups in total. The summed E-state index contributed by atoms with van der Waals surface area (Å²) in [6.07, 6.45) is 16.2. The van der Waals surface area contributed by atoms with E-state index in [9.17, 15) is 0 Å². The molecular formula is C17H23N5. The molecular weight excluding hydrogens is 274 g/mol. The molecule has 2 heterocycles. The third-order valence-corrected chi connectivity index (χ3v) is 4.67. The zero-order valence-corrected chi connectivity index (χ0v) is 13.0. The van der Waals surface area contributed by atoms with Gasteiger partial charge in [0.15, 0.2) is 11.5 Å². The minimum absolute atomic E-state index is 0.601. The van der Waals surface area contributed by atoms with Gasteiger partial charge >= 0.3 is 0 Å². The summed E-state index contributed by atoms with van der Waals surface area (Å²) >= 11 is 0. The molecule has 0 atom stereocenters. The van der Waals surface area contributed by atoms with Crippen LogP contribution in [0.4, 0.5) is 5.82 Å². The summed E-state index contributed by atoms with van der Waals surface area (Å²) in [6, 6.07) is 0.601. The Hall–Kier alpha value is -1.91. The van der Waals surface area contributed by atoms with E-state index in [4.69, 9.17) is 0 Å². The first-order valence-electron chi connectivity index (χ1n) is 8.51. The lowest BCUT2D eigenvalue weighted by atomic mass is 10.1. The monoisotopic (exact) mass is 297 g/mol. The number of fused-ring (bicyclic) bond motifs is 1. The van der Waals surface area contributed by atoms with E-state index in [-0.39, 0.29) is 0 Å². The maximum absolute atomic E-state index is 4.52. The molecule has 1 saturated carbocycles. The van der Waals surface area contributed by atoms with Crippen molar-refractivity contribution in [3.8, 4) is 0 Å². The van der Waals surface area contributed by atoms with E-state index in [1.807, 2.05) is 6.33 Å². The first kappa shape index (κ1) is 13.7. The predicted molar refractivity (Wildman–Crippen MR) is 87.9 cm³/mol. The quantitative estimate of drug-likeness (QED) is 0.852. The first-order chi connectivity index (χ1) is 10.9. The number of imidazole rings is 1. The molecule has 0 unspecified atom stereocenters. The lowest BCUT2D eigenvalue weighted by Crippen LogP contribution is -2.06. The summed E-state index contributed by atoms with van der Waals surface area (Å²) in [5, 5.41) is 3.46. The van der Waals surface area contributed by atoms with Gasteiger partial charge in [-0.3, -0.25) is 0 Å². The van der Waals surface area contributed by atoms with Crippen LogP contribution in [0.5, 0.6) is 0 Å². The molecule has 5 nitrogen and oxygen atoms in total. The number of allylic oxidation sites excluding steroid dienone is 1. The van der Waals surface area contributed by atoms with Crippen LogP contribution in [0.2, 0.25) is 0 Å². The van der Waals surface area contributed by atoms with Gasteiger partial charge in [0.2, 0.25) is 0 Å². The number of nitrogens with one attached hydrogen (secondary N) is 1. The fourth-order valence-electron chi connectivity index (χ4n) is 3.25. The number of aromatic nitrogens is 4. The normalized spacial score (nSPS) is 19.0. The number of rotatable bonds is 5. The minimum atomic E-state index is 0.601. The van der Waals surface area contributed by atoms with Gasteiger partial charge in [-0.2, -0.15) is 0 Å². The zero-order chi connectivity index (χ0) is 14.8. The first-order valence-corrected chi connectivity index (χ1v) is 8.51. The predicted octanol–water partition coefficient (Wildman–Crippen LogP) is 3.85. The van der Waals surface area contributed by atoms with E-state index in [1.54, 1.807) is 11.9 Å². The van der Waals surface area contributed by atoms with Crippen molar-refractivity contribution in [2.75, 3.05) is 11.9 Å². The maximum Gasteiger partial charge on any atom is 0.165 e. The molecule has 2 aliphatic rings. The second kappa shape index (κ2) is 6.07. The van der Waals surface area contributed by atoms with Crippen molar-refractivity contribution in [3.63, 3.8) is 0 Å². The average Bonchev–Trinajstić information content (AvgIpc) is 3.33. The zero-order valence-electron chi connectivity index (χ0n) is 13.0. The fraction of sp³-hybridized carbons (Fsp3) is 0.588. The Labute approximate surface area is 130 Å². The number of hydrogen-bond acceptors (Lipinski definition) is 4. The van der Waals surface area contributed by atoms with Gasteiger partial charge in [0.1, 0.15) is 11.8 Å². The van der Waals surface area contributed by atoms with Crippen LogP contribution in [0.15, 0.2) is 24.3 Å². The van der Waals surface area contributed by atoms with Crippen molar-refractivity contribution in [2.24, 2.45) is 0 Å². The Balaban J connectivity index is 1.44. The SMILES string of the molecule is C1=C(CCNc2ncnc3c2ncn3C2CC2)CCCCC1. The van der Waals surface area contributed by atoms with Gasteiger partial charge in [0, 0.05) is 12.6 Å².